The van der Waals surface area contributed by atoms with Gasteiger partial charge in [-0.2, -0.15) is 0 Å². The number of nitrogens with zero attached hydrogens (tertiary/aromatic N) is 2. The zero-order valence-corrected chi connectivity index (χ0v) is 11.3. The molecule has 102 valence electrons. The predicted molar refractivity (Wildman–Crippen MR) is 71.3 cm³/mol. The van der Waals surface area contributed by atoms with Crippen molar-refractivity contribution >= 4 is 40.5 Å². The van der Waals surface area contributed by atoms with Crippen LogP contribution in [0.3, 0.4) is 0 Å². The van der Waals surface area contributed by atoms with E-state index in [0.717, 1.165) is 0 Å². The van der Waals surface area contributed by atoms with Gasteiger partial charge in [-0.1, -0.05) is 11.6 Å². The Bertz CT molecular complexity index is 536. The van der Waals surface area contributed by atoms with E-state index in [1.807, 2.05) is 0 Å². The molecule has 1 heterocycles. The summed E-state index contributed by atoms with van der Waals surface area (Å²) in [7, 11) is 0. The summed E-state index contributed by atoms with van der Waals surface area (Å²) in [6, 6.07) is 2.61. The molecular weight excluding hydrogens is 295 g/mol. The first-order chi connectivity index (χ1) is 9.04. The molecule has 19 heavy (non-hydrogen) atoms. The number of anilines is 1. The number of amides is 1. The zero-order valence-electron chi connectivity index (χ0n) is 9.77. The second kappa shape index (κ2) is 5.63. The molecule has 6 nitrogen and oxygen atoms in total. The van der Waals surface area contributed by atoms with E-state index in [0.29, 0.717) is 24.5 Å². The van der Waals surface area contributed by atoms with Gasteiger partial charge in [-0.25, -0.2) is 0 Å². The molecule has 1 aromatic rings. The molecule has 2 rings (SSSR count). The van der Waals surface area contributed by atoms with Gasteiger partial charge in [0.1, 0.15) is 5.02 Å². The molecule has 0 atom stereocenters. The van der Waals surface area contributed by atoms with Crippen LogP contribution in [0.2, 0.25) is 5.02 Å². The van der Waals surface area contributed by atoms with Crippen molar-refractivity contribution in [2.75, 3.05) is 23.9 Å². The highest BCUT2D eigenvalue weighted by Gasteiger charge is 2.28. The quantitative estimate of drug-likeness (QED) is 0.487. The minimum absolute atomic E-state index is 0.0297. The Balaban J connectivity index is 2.42. The molecular formula is C11H10Cl2N2O4. The lowest BCUT2D eigenvalue weighted by Crippen LogP contribution is -2.39. The minimum Gasteiger partial charge on any atom is -0.481 e. The van der Waals surface area contributed by atoms with Crippen LogP contribution in [0, 0.1) is 10.1 Å². The van der Waals surface area contributed by atoms with Gasteiger partial charge in [-0.05, 0) is 12.5 Å². The number of fused-ring (bicyclic) bond motifs is 1. The number of rotatable bonds is 4. The van der Waals surface area contributed by atoms with Crippen molar-refractivity contribution < 1.29 is 14.5 Å². The Morgan fingerprint density at radius 2 is 2.21 bits per heavy atom. The molecule has 0 bridgehead atoms. The molecule has 0 radical (unpaired) electrons. The van der Waals surface area contributed by atoms with Gasteiger partial charge in [0.05, 0.1) is 16.7 Å². The summed E-state index contributed by atoms with van der Waals surface area (Å²) in [6.07, 6.45) is 0.612. The van der Waals surface area contributed by atoms with Crippen molar-refractivity contribution in [2.24, 2.45) is 0 Å². The first-order valence-corrected chi connectivity index (χ1v) is 6.43. The zero-order chi connectivity index (χ0) is 14.0. The van der Waals surface area contributed by atoms with E-state index in [9.17, 15) is 14.9 Å². The van der Waals surface area contributed by atoms with E-state index >= 15 is 0 Å². The number of nitro benzene ring substituents is 1. The van der Waals surface area contributed by atoms with Gasteiger partial charge in [0.25, 0.3) is 11.6 Å². The maximum atomic E-state index is 11.8. The van der Waals surface area contributed by atoms with Crippen LogP contribution in [0.1, 0.15) is 6.42 Å². The lowest BCUT2D eigenvalue weighted by Gasteiger charge is -2.29. The van der Waals surface area contributed by atoms with Crippen LogP contribution in [0.5, 0.6) is 5.75 Å². The molecule has 0 saturated heterocycles. The van der Waals surface area contributed by atoms with E-state index in [1.165, 1.54) is 17.0 Å². The van der Waals surface area contributed by atoms with Crippen molar-refractivity contribution in [3.05, 3.63) is 27.3 Å². The Hall–Kier alpha value is -1.53. The van der Waals surface area contributed by atoms with Gasteiger partial charge in [-0.3, -0.25) is 14.9 Å². The summed E-state index contributed by atoms with van der Waals surface area (Å²) in [5.41, 5.74) is 0.198. The van der Waals surface area contributed by atoms with Crippen molar-refractivity contribution in [1.29, 1.82) is 0 Å². The van der Waals surface area contributed by atoms with Crippen molar-refractivity contribution in [1.82, 2.24) is 0 Å². The Kier molecular flexibility index (Phi) is 4.11. The summed E-state index contributed by atoms with van der Waals surface area (Å²) >= 11 is 11.5. The number of halogens is 2. The highest BCUT2D eigenvalue weighted by Crippen LogP contribution is 2.39. The average Bonchev–Trinajstić information content (AvgIpc) is 2.37. The normalized spacial score (nSPS) is 14.0. The second-order valence-corrected chi connectivity index (χ2v) is 4.69. The average molecular weight is 305 g/mol. The largest absolute Gasteiger partial charge is 0.481 e. The highest BCUT2D eigenvalue weighted by molar-refractivity contribution is 6.33. The SMILES string of the molecule is O=C1COc2cc([N+](=O)[O-])c(Cl)cc2N1CCCCl. The summed E-state index contributed by atoms with van der Waals surface area (Å²) in [4.78, 5) is 23.5. The smallest absolute Gasteiger partial charge is 0.291 e. The topological polar surface area (TPSA) is 72.7 Å². The molecule has 0 aliphatic carbocycles. The van der Waals surface area contributed by atoms with Crippen LogP contribution in [0.15, 0.2) is 12.1 Å². The van der Waals surface area contributed by atoms with E-state index < -0.39 is 4.92 Å². The maximum absolute atomic E-state index is 11.8. The Labute approximate surface area is 119 Å². The van der Waals surface area contributed by atoms with Crippen LogP contribution >= 0.6 is 23.2 Å². The number of alkyl halides is 1. The third kappa shape index (κ3) is 2.74. The molecule has 0 spiro atoms. The molecule has 8 heteroatoms. The fraction of sp³-hybridized carbons (Fsp3) is 0.364. The summed E-state index contributed by atoms with van der Waals surface area (Å²) in [5.74, 6) is 0.480. The van der Waals surface area contributed by atoms with Crippen LogP contribution < -0.4 is 9.64 Å². The van der Waals surface area contributed by atoms with Gasteiger partial charge < -0.3 is 9.64 Å². The Morgan fingerprint density at radius 1 is 1.47 bits per heavy atom. The highest BCUT2D eigenvalue weighted by atomic mass is 35.5. The number of benzene rings is 1. The summed E-state index contributed by atoms with van der Waals surface area (Å²) in [6.45, 7) is 0.279. The fourth-order valence-electron chi connectivity index (χ4n) is 1.81. The van der Waals surface area contributed by atoms with Crippen molar-refractivity contribution in [2.45, 2.75) is 6.42 Å². The maximum Gasteiger partial charge on any atom is 0.291 e. The van der Waals surface area contributed by atoms with E-state index in [-0.39, 0.29) is 29.0 Å². The lowest BCUT2D eigenvalue weighted by atomic mass is 10.2. The lowest BCUT2D eigenvalue weighted by molar-refractivity contribution is -0.384. The van der Waals surface area contributed by atoms with Crippen molar-refractivity contribution in [3.63, 3.8) is 0 Å². The first kappa shape index (κ1) is 13.9. The number of ether oxygens (including phenoxy) is 1. The van der Waals surface area contributed by atoms with Crippen LogP contribution in [-0.2, 0) is 4.79 Å². The molecule has 0 N–H and O–H groups in total. The molecule has 0 fully saturated rings. The van der Waals surface area contributed by atoms with Crippen molar-refractivity contribution in [3.8, 4) is 5.75 Å². The number of carbonyl (C=O) groups is 1. The number of carbonyl (C=O) groups excluding carboxylic acids is 1. The van der Waals surface area contributed by atoms with Gasteiger partial charge in [0.15, 0.2) is 12.4 Å². The molecule has 1 aliphatic heterocycles. The molecule has 1 aliphatic rings. The third-order valence-electron chi connectivity index (χ3n) is 2.68. The number of hydrogen-bond acceptors (Lipinski definition) is 4. The predicted octanol–water partition coefficient (Wildman–Crippen LogP) is 2.60. The van der Waals surface area contributed by atoms with Gasteiger partial charge in [0, 0.05) is 12.4 Å². The molecule has 0 saturated carbocycles. The molecule has 1 amide bonds. The third-order valence-corrected chi connectivity index (χ3v) is 3.25. The van der Waals surface area contributed by atoms with E-state index in [4.69, 9.17) is 27.9 Å². The summed E-state index contributed by atoms with van der Waals surface area (Å²) in [5, 5.41) is 10.8. The van der Waals surface area contributed by atoms with Gasteiger partial charge in [-0.15, -0.1) is 11.6 Å². The van der Waals surface area contributed by atoms with E-state index in [1.54, 1.807) is 0 Å². The Morgan fingerprint density at radius 3 is 2.84 bits per heavy atom. The molecule has 1 aromatic carbocycles. The number of hydrogen-bond donors (Lipinski definition) is 0. The second-order valence-electron chi connectivity index (χ2n) is 3.91. The monoisotopic (exact) mass is 304 g/mol. The molecule has 0 unspecified atom stereocenters. The first-order valence-electron chi connectivity index (χ1n) is 5.51. The van der Waals surface area contributed by atoms with Crippen LogP contribution in [-0.4, -0.2) is 29.9 Å². The molecule has 0 aromatic heterocycles. The van der Waals surface area contributed by atoms with Crippen LogP contribution in [0.4, 0.5) is 11.4 Å². The van der Waals surface area contributed by atoms with E-state index in [2.05, 4.69) is 0 Å². The number of nitro groups is 1. The fourth-order valence-corrected chi connectivity index (χ4v) is 2.16. The summed E-state index contributed by atoms with van der Waals surface area (Å²) < 4.78 is 5.20. The standard InChI is InChI=1S/C11H10Cl2N2O4/c12-2-1-3-14-9-4-7(13)8(15(17)18)5-10(9)19-6-11(14)16/h4-5H,1-3,6H2. The minimum atomic E-state index is -0.592. The van der Waals surface area contributed by atoms with Gasteiger partial charge >= 0.3 is 0 Å². The van der Waals surface area contributed by atoms with Gasteiger partial charge in [0.2, 0.25) is 0 Å². The van der Waals surface area contributed by atoms with Crippen LogP contribution in [0.25, 0.3) is 0 Å².